The highest BCUT2D eigenvalue weighted by atomic mass is 16.6. The van der Waals surface area contributed by atoms with Crippen LogP contribution < -0.4 is 10.6 Å². The van der Waals surface area contributed by atoms with E-state index in [1.165, 1.54) is 12.0 Å². The van der Waals surface area contributed by atoms with Gasteiger partial charge >= 0.3 is 12.1 Å². The Morgan fingerprint density at radius 2 is 1.82 bits per heavy atom. The van der Waals surface area contributed by atoms with Gasteiger partial charge in [0.25, 0.3) is 0 Å². The molecule has 34 heavy (non-hydrogen) atoms. The fourth-order valence-electron chi connectivity index (χ4n) is 3.50. The second-order valence-electron chi connectivity index (χ2n) is 9.34. The van der Waals surface area contributed by atoms with Gasteiger partial charge in [-0.05, 0) is 64.2 Å². The number of methoxy groups -OCH3 is 1. The molecule has 1 aromatic rings. The van der Waals surface area contributed by atoms with Crippen LogP contribution >= 0.6 is 0 Å². The lowest BCUT2D eigenvalue weighted by molar-refractivity contribution is -0.145. The SMILES string of the molecule is COC(=O)CNC(=O)C(c1cccc(C)c1C)N(C(=O)C(CO)NC(=O)OC(C)(C)C)C1CC1. The summed E-state index contributed by atoms with van der Waals surface area (Å²) in [6.07, 6.45) is 0.485. The van der Waals surface area contributed by atoms with Gasteiger partial charge in [-0.15, -0.1) is 0 Å². The Kier molecular flexibility index (Phi) is 9.03. The predicted molar refractivity (Wildman–Crippen MR) is 124 cm³/mol. The van der Waals surface area contributed by atoms with E-state index in [2.05, 4.69) is 15.4 Å². The van der Waals surface area contributed by atoms with Crippen molar-refractivity contribution in [2.75, 3.05) is 20.3 Å². The van der Waals surface area contributed by atoms with E-state index in [9.17, 15) is 24.3 Å². The molecule has 1 aliphatic carbocycles. The lowest BCUT2D eigenvalue weighted by Crippen LogP contribution is -2.55. The number of carbonyl (C=O) groups is 4. The molecule has 0 radical (unpaired) electrons. The summed E-state index contributed by atoms with van der Waals surface area (Å²) in [4.78, 5) is 52.2. The smallest absolute Gasteiger partial charge is 0.408 e. The highest BCUT2D eigenvalue weighted by Crippen LogP contribution is 2.37. The molecule has 0 heterocycles. The van der Waals surface area contributed by atoms with Crippen molar-refractivity contribution in [1.82, 2.24) is 15.5 Å². The van der Waals surface area contributed by atoms with Crippen molar-refractivity contribution in [3.63, 3.8) is 0 Å². The molecule has 188 valence electrons. The summed E-state index contributed by atoms with van der Waals surface area (Å²) in [5, 5.41) is 14.9. The molecule has 2 rings (SSSR count). The molecule has 1 aromatic carbocycles. The summed E-state index contributed by atoms with van der Waals surface area (Å²) in [5.74, 6) is -1.81. The third kappa shape index (κ3) is 7.18. The zero-order chi connectivity index (χ0) is 25.6. The van der Waals surface area contributed by atoms with Crippen LogP contribution in [0.1, 0.15) is 56.3 Å². The minimum absolute atomic E-state index is 0.254. The standard InChI is InChI=1S/C24H35N3O7/c1-14-8-7-9-17(15(14)2)20(21(30)25-12-19(29)33-6)27(16-10-11-16)22(31)18(13-28)26-23(32)34-24(3,4)5/h7-9,16,18,20,28H,10-13H2,1-6H3,(H,25,30)(H,26,32). The summed E-state index contributed by atoms with van der Waals surface area (Å²) in [6, 6.07) is 2.80. The van der Waals surface area contributed by atoms with Crippen LogP contribution in [-0.2, 0) is 23.9 Å². The van der Waals surface area contributed by atoms with Crippen molar-refractivity contribution in [3.05, 3.63) is 34.9 Å². The quantitative estimate of drug-likeness (QED) is 0.459. The first kappa shape index (κ1) is 27.1. The monoisotopic (exact) mass is 477 g/mol. The lowest BCUT2D eigenvalue weighted by atomic mass is 9.95. The van der Waals surface area contributed by atoms with Gasteiger partial charge in [-0.1, -0.05) is 18.2 Å². The number of hydrogen-bond donors (Lipinski definition) is 3. The average molecular weight is 478 g/mol. The fraction of sp³-hybridized carbons (Fsp3) is 0.583. The summed E-state index contributed by atoms with van der Waals surface area (Å²) < 4.78 is 9.83. The Labute approximate surface area is 200 Å². The molecule has 2 atom stereocenters. The number of aryl methyl sites for hydroxylation is 1. The molecule has 1 fully saturated rings. The average Bonchev–Trinajstić information content (AvgIpc) is 3.59. The van der Waals surface area contributed by atoms with E-state index in [-0.39, 0.29) is 12.6 Å². The number of alkyl carbamates (subject to hydrolysis) is 1. The van der Waals surface area contributed by atoms with E-state index in [4.69, 9.17) is 4.74 Å². The minimum atomic E-state index is -1.31. The van der Waals surface area contributed by atoms with Crippen LogP contribution in [0.2, 0.25) is 0 Å². The number of hydrogen-bond acceptors (Lipinski definition) is 7. The van der Waals surface area contributed by atoms with Crippen molar-refractivity contribution < 1.29 is 33.8 Å². The maximum Gasteiger partial charge on any atom is 0.408 e. The molecule has 1 aliphatic rings. The van der Waals surface area contributed by atoms with E-state index >= 15 is 0 Å². The van der Waals surface area contributed by atoms with Crippen LogP contribution in [0.4, 0.5) is 4.79 Å². The molecule has 1 saturated carbocycles. The first-order chi connectivity index (χ1) is 15.9. The van der Waals surface area contributed by atoms with Gasteiger partial charge in [0.15, 0.2) is 0 Å². The molecule has 10 heteroatoms. The first-order valence-corrected chi connectivity index (χ1v) is 11.2. The van der Waals surface area contributed by atoms with Crippen molar-refractivity contribution in [2.45, 2.75) is 71.2 Å². The van der Waals surface area contributed by atoms with Crippen LogP contribution in [0.25, 0.3) is 0 Å². The van der Waals surface area contributed by atoms with Crippen LogP contribution in [0.5, 0.6) is 0 Å². The summed E-state index contributed by atoms with van der Waals surface area (Å²) in [6.45, 7) is 7.76. The molecule has 2 unspecified atom stereocenters. The van der Waals surface area contributed by atoms with Crippen LogP contribution in [0.3, 0.4) is 0 Å². The number of benzene rings is 1. The van der Waals surface area contributed by atoms with Gasteiger partial charge in [0.2, 0.25) is 11.8 Å². The second kappa shape index (κ2) is 11.3. The van der Waals surface area contributed by atoms with Gasteiger partial charge in [0.05, 0.1) is 13.7 Å². The van der Waals surface area contributed by atoms with Gasteiger partial charge in [0, 0.05) is 6.04 Å². The maximum atomic E-state index is 13.6. The molecule has 0 aliphatic heterocycles. The number of nitrogens with zero attached hydrogens (tertiary/aromatic N) is 1. The zero-order valence-corrected chi connectivity index (χ0v) is 20.6. The molecule has 10 nitrogen and oxygen atoms in total. The van der Waals surface area contributed by atoms with Crippen molar-refractivity contribution in [2.24, 2.45) is 0 Å². The number of aliphatic hydroxyl groups is 1. The van der Waals surface area contributed by atoms with Crippen molar-refractivity contribution in [1.29, 1.82) is 0 Å². The molecule has 0 saturated heterocycles. The summed E-state index contributed by atoms with van der Waals surface area (Å²) >= 11 is 0. The molecule has 3 N–H and O–H groups in total. The maximum absolute atomic E-state index is 13.6. The Morgan fingerprint density at radius 3 is 2.35 bits per heavy atom. The fourth-order valence-corrected chi connectivity index (χ4v) is 3.50. The van der Waals surface area contributed by atoms with Gasteiger partial charge in [-0.2, -0.15) is 0 Å². The predicted octanol–water partition coefficient (Wildman–Crippen LogP) is 1.51. The molecular formula is C24H35N3O7. The number of carbonyl (C=O) groups excluding carboxylic acids is 4. The summed E-state index contributed by atoms with van der Waals surface area (Å²) in [7, 11) is 1.21. The number of esters is 1. The highest BCUT2D eigenvalue weighted by Gasteiger charge is 2.44. The van der Waals surface area contributed by atoms with Gasteiger partial charge in [-0.3, -0.25) is 14.4 Å². The van der Waals surface area contributed by atoms with Crippen molar-refractivity contribution in [3.8, 4) is 0 Å². The van der Waals surface area contributed by atoms with E-state index < -0.39 is 48.2 Å². The topological polar surface area (TPSA) is 134 Å². The van der Waals surface area contributed by atoms with Gasteiger partial charge < -0.3 is 30.1 Å². The molecule has 0 bridgehead atoms. The van der Waals surface area contributed by atoms with E-state index in [1.807, 2.05) is 19.9 Å². The Bertz CT molecular complexity index is 922. The Morgan fingerprint density at radius 1 is 1.18 bits per heavy atom. The first-order valence-electron chi connectivity index (χ1n) is 11.2. The molecule has 0 spiro atoms. The minimum Gasteiger partial charge on any atom is -0.468 e. The third-order valence-electron chi connectivity index (χ3n) is 5.47. The van der Waals surface area contributed by atoms with Crippen LogP contribution in [-0.4, -0.2) is 71.8 Å². The highest BCUT2D eigenvalue weighted by molar-refractivity contribution is 5.94. The largest absolute Gasteiger partial charge is 0.468 e. The lowest BCUT2D eigenvalue weighted by Gasteiger charge is -2.35. The second-order valence-corrected chi connectivity index (χ2v) is 9.34. The zero-order valence-electron chi connectivity index (χ0n) is 20.6. The molecular weight excluding hydrogens is 442 g/mol. The van der Waals surface area contributed by atoms with Crippen LogP contribution in [0, 0.1) is 13.8 Å². The Balaban J connectivity index is 2.42. The third-order valence-corrected chi connectivity index (χ3v) is 5.47. The number of amides is 3. The van der Waals surface area contributed by atoms with Gasteiger partial charge in [0.1, 0.15) is 24.2 Å². The molecule has 0 aromatic heterocycles. The number of aliphatic hydroxyl groups excluding tert-OH is 1. The van der Waals surface area contributed by atoms with Crippen LogP contribution in [0.15, 0.2) is 18.2 Å². The van der Waals surface area contributed by atoms with Gasteiger partial charge in [-0.25, -0.2) is 4.79 Å². The number of nitrogens with one attached hydrogen (secondary N) is 2. The van der Waals surface area contributed by atoms with E-state index in [0.717, 1.165) is 11.1 Å². The summed E-state index contributed by atoms with van der Waals surface area (Å²) in [5.41, 5.74) is 1.55. The van der Waals surface area contributed by atoms with E-state index in [0.29, 0.717) is 18.4 Å². The number of rotatable bonds is 9. The Hall–Kier alpha value is -3.14. The normalized spacial score (nSPS) is 15.0. The van der Waals surface area contributed by atoms with E-state index in [1.54, 1.807) is 32.9 Å². The van der Waals surface area contributed by atoms with Crippen molar-refractivity contribution >= 4 is 23.9 Å². The number of ether oxygens (including phenoxy) is 2. The molecule has 3 amide bonds.